The molecule has 1 fully saturated rings. The van der Waals surface area contributed by atoms with Crippen LogP contribution in [0, 0.1) is 0 Å². The number of amides is 1. The molecule has 21 heavy (non-hydrogen) atoms. The molecule has 0 aromatic heterocycles. The summed E-state index contributed by atoms with van der Waals surface area (Å²) in [5.41, 5.74) is 0.953. The van der Waals surface area contributed by atoms with E-state index in [4.69, 9.17) is 14.9 Å². The summed E-state index contributed by atoms with van der Waals surface area (Å²) in [7, 11) is 0. The molecule has 0 atom stereocenters. The molecular formula is C15H22N2O4. The highest BCUT2D eigenvalue weighted by Gasteiger charge is 2.31. The predicted molar refractivity (Wildman–Crippen MR) is 77.7 cm³/mol. The van der Waals surface area contributed by atoms with E-state index in [0.29, 0.717) is 0 Å². The summed E-state index contributed by atoms with van der Waals surface area (Å²) in [6, 6.07) is 9.53. The van der Waals surface area contributed by atoms with Crippen LogP contribution in [0.4, 0.5) is 4.79 Å². The molecule has 6 heteroatoms. The highest BCUT2D eigenvalue weighted by atomic mass is 16.5. The second kappa shape index (κ2) is 7.97. The van der Waals surface area contributed by atoms with Gasteiger partial charge in [-0.1, -0.05) is 30.3 Å². The van der Waals surface area contributed by atoms with Crippen LogP contribution in [0.25, 0.3) is 0 Å². The Balaban J connectivity index is 1.60. The van der Waals surface area contributed by atoms with Crippen LogP contribution < -0.4 is 10.6 Å². The van der Waals surface area contributed by atoms with Crippen LogP contribution in [-0.4, -0.2) is 47.6 Å². The molecule has 1 aliphatic carbocycles. The fourth-order valence-electron chi connectivity index (χ4n) is 2.30. The first-order chi connectivity index (χ1) is 10.2. The van der Waals surface area contributed by atoms with E-state index < -0.39 is 6.09 Å². The number of aliphatic hydroxyl groups excluding tert-OH is 2. The zero-order valence-corrected chi connectivity index (χ0v) is 11.9. The van der Waals surface area contributed by atoms with Crippen LogP contribution in [0.15, 0.2) is 30.3 Å². The van der Waals surface area contributed by atoms with Gasteiger partial charge in [0.1, 0.15) is 6.61 Å². The third-order valence-corrected chi connectivity index (χ3v) is 3.58. The normalized spacial score (nSPS) is 20.9. The Morgan fingerprint density at radius 1 is 1.19 bits per heavy atom. The molecule has 1 aromatic carbocycles. The molecule has 0 saturated heterocycles. The monoisotopic (exact) mass is 294 g/mol. The van der Waals surface area contributed by atoms with Gasteiger partial charge < -0.3 is 25.6 Å². The van der Waals surface area contributed by atoms with Gasteiger partial charge in [0.25, 0.3) is 0 Å². The Morgan fingerprint density at radius 2 is 1.86 bits per heavy atom. The maximum absolute atomic E-state index is 11.6. The molecule has 0 aliphatic heterocycles. The summed E-state index contributed by atoms with van der Waals surface area (Å²) in [6.07, 6.45) is 1.14. The SMILES string of the molecule is O=C(NC1CC(NC(CO)CO)C1)OCc1ccccc1. The molecule has 1 aliphatic rings. The van der Waals surface area contributed by atoms with Crippen molar-refractivity contribution in [1.29, 1.82) is 0 Å². The van der Waals surface area contributed by atoms with Crippen molar-refractivity contribution < 1.29 is 19.7 Å². The highest BCUT2D eigenvalue weighted by molar-refractivity contribution is 5.67. The van der Waals surface area contributed by atoms with Crippen LogP contribution in [0.5, 0.6) is 0 Å². The van der Waals surface area contributed by atoms with E-state index >= 15 is 0 Å². The van der Waals surface area contributed by atoms with E-state index in [-0.39, 0.29) is 37.9 Å². The number of carbonyl (C=O) groups is 1. The van der Waals surface area contributed by atoms with Crippen LogP contribution in [-0.2, 0) is 11.3 Å². The number of benzene rings is 1. The maximum Gasteiger partial charge on any atom is 0.407 e. The fourth-order valence-corrected chi connectivity index (χ4v) is 2.30. The van der Waals surface area contributed by atoms with Crippen molar-refractivity contribution >= 4 is 6.09 Å². The van der Waals surface area contributed by atoms with Gasteiger partial charge in [0.2, 0.25) is 0 Å². The van der Waals surface area contributed by atoms with E-state index in [1.807, 2.05) is 30.3 Å². The molecule has 6 nitrogen and oxygen atoms in total. The Kier molecular flexibility index (Phi) is 5.98. The van der Waals surface area contributed by atoms with E-state index in [0.717, 1.165) is 18.4 Å². The van der Waals surface area contributed by atoms with Gasteiger partial charge in [-0.3, -0.25) is 0 Å². The van der Waals surface area contributed by atoms with Gasteiger partial charge in [0.15, 0.2) is 0 Å². The standard InChI is InChI=1S/C15H22N2O4/c18-8-14(9-19)16-12-6-13(7-12)17-15(20)21-10-11-4-2-1-3-5-11/h1-5,12-14,16,18-19H,6-10H2,(H,17,20). The number of alkyl carbamates (subject to hydrolysis) is 1. The van der Waals surface area contributed by atoms with Crippen molar-refractivity contribution in [2.75, 3.05) is 13.2 Å². The second-order valence-electron chi connectivity index (χ2n) is 5.30. The Morgan fingerprint density at radius 3 is 2.48 bits per heavy atom. The number of nitrogens with one attached hydrogen (secondary N) is 2. The average Bonchev–Trinajstić information content (AvgIpc) is 2.48. The van der Waals surface area contributed by atoms with E-state index in [1.165, 1.54) is 0 Å². The van der Waals surface area contributed by atoms with Crippen molar-refractivity contribution in [2.45, 2.75) is 37.6 Å². The summed E-state index contributed by atoms with van der Waals surface area (Å²) >= 11 is 0. The third-order valence-electron chi connectivity index (χ3n) is 3.58. The lowest BCUT2D eigenvalue weighted by molar-refractivity contribution is 0.114. The maximum atomic E-state index is 11.6. The lowest BCUT2D eigenvalue weighted by Crippen LogP contribution is -2.56. The molecule has 4 N–H and O–H groups in total. The van der Waals surface area contributed by atoms with Gasteiger partial charge >= 0.3 is 6.09 Å². The molecule has 0 heterocycles. The van der Waals surface area contributed by atoms with Crippen LogP contribution in [0.1, 0.15) is 18.4 Å². The molecule has 1 amide bonds. The molecular weight excluding hydrogens is 272 g/mol. The van der Waals surface area contributed by atoms with Crippen LogP contribution in [0.3, 0.4) is 0 Å². The van der Waals surface area contributed by atoms with Crippen LogP contribution >= 0.6 is 0 Å². The fraction of sp³-hybridized carbons (Fsp3) is 0.533. The van der Waals surface area contributed by atoms with Crippen molar-refractivity contribution in [1.82, 2.24) is 10.6 Å². The average molecular weight is 294 g/mol. The van der Waals surface area contributed by atoms with Crippen molar-refractivity contribution in [2.24, 2.45) is 0 Å². The molecule has 0 spiro atoms. The minimum absolute atomic E-state index is 0.0869. The van der Waals surface area contributed by atoms with Crippen LogP contribution in [0.2, 0.25) is 0 Å². The Hall–Kier alpha value is -1.63. The van der Waals surface area contributed by atoms with Gasteiger partial charge in [-0.15, -0.1) is 0 Å². The number of aliphatic hydroxyl groups is 2. The lowest BCUT2D eigenvalue weighted by Gasteiger charge is -2.37. The molecule has 0 unspecified atom stereocenters. The Bertz CT molecular complexity index is 431. The third kappa shape index (κ3) is 5.00. The zero-order valence-electron chi connectivity index (χ0n) is 11.9. The first kappa shape index (κ1) is 15.8. The molecule has 0 radical (unpaired) electrons. The summed E-state index contributed by atoms with van der Waals surface area (Å²) in [5, 5.41) is 23.9. The summed E-state index contributed by atoms with van der Waals surface area (Å²) in [4.78, 5) is 11.6. The second-order valence-corrected chi connectivity index (χ2v) is 5.30. The van der Waals surface area contributed by atoms with Gasteiger partial charge in [-0.2, -0.15) is 0 Å². The van der Waals surface area contributed by atoms with E-state index in [1.54, 1.807) is 0 Å². The predicted octanol–water partition coefficient (Wildman–Crippen LogP) is 0.387. The molecule has 116 valence electrons. The molecule has 2 rings (SSSR count). The lowest BCUT2D eigenvalue weighted by atomic mass is 9.86. The number of hydrogen-bond donors (Lipinski definition) is 4. The quantitative estimate of drug-likeness (QED) is 0.584. The molecule has 0 bridgehead atoms. The van der Waals surface area contributed by atoms with E-state index in [9.17, 15) is 4.79 Å². The first-order valence-corrected chi connectivity index (χ1v) is 7.16. The number of carbonyl (C=O) groups excluding carboxylic acids is 1. The van der Waals surface area contributed by atoms with Gasteiger partial charge in [0.05, 0.1) is 19.3 Å². The van der Waals surface area contributed by atoms with Gasteiger partial charge in [-0.25, -0.2) is 4.79 Å². The number of hydrogen-bond acceptors (Lipinski definition) is 5. The van der Waals surface area contributed by atoms with Gasteiger partial charge in [0, 0.05) is 12.1 Å². The van der Waals surface area contributed by atoms with Crippen molar-refractivity contribution in [3.05, 3.63) is 35.9 Å². The molecule has 1 aromatic rings. The van der Waals surface area contributed by atoms with Crippen molar-refractivity contribution in [3.8, 4) is 0 Å². The van der Waals surface area contributed by atoms with E-state index in [2.05, 4.69) is 10.6 Å². The largest absolute Gasteiger partial charge is 0.445 e. The minimum atomic E-state index is -0.414. The van der Waals surface area contributed by atoms with Gasteiger partial charge in [-0.05, 0) is 18.4 Å². The topological polar surface area (TPSA) is 90.8 Å². The molecule has 1 saturated carbocycles. The summed E-state index contributed by atoms with van der Waals surface area (Å²) in [6.45, 7) is 0.0760. The first-order valence-electron chi connectivity index (χ1n) is 7.16. The smallest absolute Gasteiger partial charge is 0.407 e. The minimum Gasteiger partial charge on any atom is -0.445 e. The summed E-state index contributed by atoms with van der Waals surface area (Å²) in [5.74, 6) is 0. The van der Waals surface area contributed by atoms with Crippen molar-refractivity contribution in [3.63, 3.8) is 0 Å². The number of ether oxygens (including phenoxy) is 1. The number of rotatable bonds is 7. The summed E-state index contributed by atoms with van der Waals surface area (Å²) < 4.78 is 5.14. The Labute approximate surface area is 124 Å². The highest BCUT2D eigenvalue weighted by Crippen LogP contribution is 2.20. The zero-order chi connectivity index (χ0) is 15.1.